The smallest absolute Gasteiger partial charge is 0.421 e. The van der Waals surface area contributed by atoms with Gasteiger partial charge in [0.2, 0.25) is 17.7 Å². The summed E-state index contributed by atoms with van der Waals surface area (Å²) in [6, 6.07) is 2.72. The Balaban J connectivity index is 1.32. The maximum Gasteiger partial charge on any atom is 0.435 e. The number of aliphatic hydroxyl groups is 1. The Kier molecular flexibility index (Phi) is 5.03. The number of aromatic nitrogens is 5. The number of amides is 1. The number of likely N-dealkylation sites (N-methyl/N-ethyl adjacent to an activating group) is 1. The van der Waals surface area contributed by atoms with Crippen molar-refractivity contribution in [3.63, 3.8) is 0 Å². The van der Waals surface area contributed by atoms with E-state index in [2.05, 4.69) is 25.4 Å². The third-order valence-electron chi connectivity index (χ3n) is 5.95. The molecule has 1 amide bonds. The quantitative estimate of drug-likeness (QED) is 0.517. The third kappa shape index (κ3) is 4.27. The molecule has 3 aromatic heterocycles. The number of pyridine rings is 1. The summed E-state index contributed by atoms with van der Waals surface area (Å²) in [5.74, 6) is -0.108. The van der Waals surface area contributed by atoms with E-state index in [0.29, 0.717) is 42.0 Å². The molecule has 2 aliphatic heterocycles. The zero-order valence-corrected chi connectivity index (χ0v) is 19.0. The van der Waals surface area contributed by atoms with E-state index in [-0.39, 0.29) is 29.6 Å². The Bertz CT molecular complexity index is 1400. The highest BCUT2D eigenvalue weighted by Gasteiger charge is 2.40. The first kappa shape index (κ1) is 20.3. The first-order chi connectivity index (χ1) is 18.4. The number of aliphatic hydroxyl groups excluding tert-OH is 1. The summed E-state index contributed by atoms with van der Waals surface area (Å²) in [5, 5.41) is 16.0. The zero-order valence-electron chi connectivity index (χ0n) is 22.0. The number of aryl methyl sites for hydroxylation is 2. The van der Waals surface area contributed by atoms with Gasteiger partial charge in [0, 0.05) is 49.6 Å². The largest absolute Gasteiger partial charge is 0.435 e. The minimum atomic E-state index is -4.85. The van der Waals surface area contributed by atoms with Gasteiger partial charge in [-0.15, -0.1) is 0 Å². The maximum absolute atomic E-state index is 13.0. The van der Waals surface area contributed by atoms with Gasteiger partial charge in [0.25, 0.3) is 5.91 Å². The minimum Gasteiger partial charge on any atom is -0.421 e. The topological polar surface area (TPSA) is 122 Å². The molecule has 0 aromatic carbocycles. The van der Waals surface area contributed by atoms with Gasteiger partial charge in [-0.1, -0.05) is 6.07 Å². The lowest BCUT2D eigenvalue weighted by Gasteiger charge is -2.42. The van der Waals surface area contributed by atoms with Crippen LogP contribution in [0.4, 0.5) is 30.6 Å². The number of anilines is 3. The predicted molar refractivity (Wildman–Crippen MR) is 122 cm³/mol. The first-order valence-electron chi connectivity index (χ1n) is 12.5. The molecule has 0 unspecified atom stereocenters. The van der Waals surface area contributed by atoms with Crippen LogP contribution in [0.25, 0.3) is 0 Å². The van der Waals surface area contributed by atoms with Crippen molar-refractivity contribution < 1.29 is 31.9 Å². The number of alkyl halides is 3. The second kappa shape index (κ2) is 8.93. The summed E-state index contributed by atoms with van der Waals surface area (Å²) in [6.07, 6.45) is -2.05. The molecule has 0 radical (unpaired) electrons. The number of hydrogen-bond acceptors (Lipinski definition) is 9. The molecule has 5 rings (SSSR count). The van der Waals surface area contributed by atoms with Crippen molar-refractivity contribution in [1.82, 2.24) is 24.7 Å². The standard InChI is InChI=1S/C22H23F3N8O3/c1-31-14(11-34)20(35)33-7-3-4-13-18(33)19(31)29-21(28-13)27-10-12-5-6-16(26-9-12)36-17-8-15(22(23,24)25)30-32(17)2/h5-6,8-9,14,34H,3-4,7,10-11H2,1-2H3,(H,27,28,29)/t14-/m0/s1/i2D3. The van der Waals surface area contributed by atoms with Crippen LogP contribution in [0.1, 0.15) is 27.5 Å². The molecule has 0 aliphatic carbocycles. The Morgan fingerprint density at radius 1 is 1.33 bits per heavy atom. The van der Waals surface area contributed by atoms with E-state index in [0.717, 1.165) is 12.1 Å². The molecule has 0 spiro atoms. The molecule has 0 bridgehead atoms. The maximum atomic E-state index is 13.0. The SMILES string of the molecule is [2H]C([2H])([2H])n1nc(C(F)(F)F)cc1Oc1ccc(CNc2nc3c4c(n2)N(C)[C@@H](CO)C(=O)N4CCC3)cn1. The third-order valence-corrected chi connectivity index (χ3v) is 5.95. The minimum absolute atomic E-state index is 0.131. The molecule has 190 valence electrons. The Morgan fingerprint density at radius 3 is 2.86 bits per heavy atom. The van der Waals surface area contributed by atoms with Crippen LogP contribution < -0.4 is 19.9 Å². The highest BCUT2D eigenvalue weighted by Crippen LogP contribution is 2.39. The highest BCUT2D eigenvalue weighted by molar-refractivity contribution is 6.05. The first-order valence-corrected chi connectivity index (χ1v) is 11.0. The number of carbonyl (C=O) groups excluding carboxylic acids is 1. The van der Waals surface area contributed by atoms with Gasteiger partial charge in [0.1, 0.15) is 11.7 Å². The molecule has 0 fully saturated rings. The molecule has 3 aromatic rings. The molecule has 36 heavy (non-hydrogen) atoms. The van der Waals surface area contributed by atoms with Crippen molar-refractivity contribution in [1.29, 1.82) is 0 Å². The number of hydrogen-bond donors (Lipinski definition) is 2. The summed E-state index contributed by atoms with van der Waals surface area (Å²) >= 11 is 0. The van der Waals surface area contributed by atoms with Crippen LogP contribution in [0.3, 0.4) is 0 Å². The van der Waals surface area contributed by atoms with Gasteiger partial charge in [-0.25, -0.2) is 14.6 Å². The van der Waals surface area contributed by atoms with Gasteiger partial charge in [-0.05, 0) is 18.4 Å². The number of nitrogens with one attached hydrogen (secondary N) is 1. The summed E-state index contributed by atoms with van der Waals surface area (Å²) in [4.78, 5) is 29.2. The fraction of sp³-hybridized carbons (Fsp3) is 0.409. The van der Waals surface area contributed by atoms with E-state index >= 15 is 0 Å². The second-order valence-corrected chi connectivity index (χ2v) is 8.31. The number of halogens is 3. The normalized spacial score (nSPS) is 18.9. The fourth-order valence-corrected chi connectivity index (χ4v) is 4.13. The van der Waals surface area contributed by atoms with E-state index in [1.807, 2.05) is 0 Å². The monoisotopic (exact) mass is 507 g/mol. The molecule has 1 atom stereocenters. The van der Waals surface area contributed by atoms with E-state index < -0.39 is 30.8 Å². The second-order valence-electron chi connectivity index (χ2n) is 8.31. The van der Waals surface area contributed by atoms with Crippen LogP contribution in [-0.4, -0.2) is 62.0 Å². The van der Waals surface area contributed by atoms with Crippen LogP contribution >= 0.6 is 0 Å². The van der Waals surface area contributed by atoms with E-state index in [4.69, 9.17) is 8.85 Å². The number of nitrogens with zero attached hydrogens (tertiary/aromatic N) is 7. The van der Waals surface area contributed by atoms with Crippen LogP contribution in [0.5, 0.6) is 11.8 Å². The number of rotatable bonds is 6. The molecular weight excluding hydrogens is 481 g/mol. The van der Waals surface area contributed by atoms with Crippen LogP contribution in [0, 0.1) is 0 Å². The molecule has 2 N–H and O–H groups in total. The fourth-order valence-electron chi connectivity index (χ4n) is 4.13. The molecule has 2 aliphatic rings. The summed E-state index contributed by atoms with van der Waals surface area (Å²) in [7, 11) is 1.69. The van der Waals surface area contributed by atoms with Crippen molar-refractivity contribution in [2.24, 2.45) is 6.98 Å². The van der Waals surface area contributed by atoms with Crippen molar-refractivity contribution >= 4 is 23.4 Å². The summed E-state index contributed by atoms with van der Waals surface area (Å²) in [6.45, 7) is -2.58. The molecule has 11 nitrogen and oxygen atoms in total. The number of ether oxygens (including phenoxy) is 1. The Hall–Kier alpha value is -3.94. The van der Waals surface area contributed by atoms with Gasteiger partial charge >= 0.3 is 6.18 Å². The molecule has 0 saturated carbocycles. The van der Waals surface area contributed by atoms with Gasteiger partial charge in [-0.2, -0.15) is 23.3 Å². The van der Waals surface area contributed by atoms with Crippen LogP contribution in [0.2, 0.25) is 0 Å². The predicted octanol–water partition coefficient (Wildman–Crippen LogP) is 2.12. The lowest BCUT2D eigenvalue weighted by atomic mass is 10.0. The van der Waals surface area contributed by atoms with Crippen molar-refractivity contribution in [2.75, 3.05) is 35.3 Å². The van der Waals surface area contributed by atoms with E-state index in [9.17, 15) is 23.1 Å². The molecule has 0 saturated heterocycles. The van der Waals surface area contributed by atoms with Crippen LogP contribution in [0.15, 0.2) is 24.4 Å². The van der Waals surface area contributed by atoms with Gasteiger partial charge in [0.15, 0.2) is 11.5 Å². The summed E-state index contributed by atoms with van der Waals surface area (Å²) < 4.78 is 66.9. The Morgan fingerprint density at radius 2 is 2.17 bits per heavy atom. The van der Waals surface area contributed by atoms with Crippen molar-refractivity contribution in [3.8, 4) is 11.8 Å². The van der Waals surface area contributed by atoms with Crippen molar-refractivity contribution in [2.45, 2.75) is 31.6 Å². The van der Waals surface area contributed by atoms with E-state index in [1.165, 1.54) is 12.3 Å². The lowest BCUT2D eigenvalue weighted by molar-refractivity contribution is -0.141. The lowest BCUT2D eigenvalue weighted by Crippen LogP contribution is -2.55. The van der Waals surface area contributed by atoms with Gasteiger partial charge < -0.3 is 25.0 Å². The Labute approximate surface area is 207 Å². The van der Waals surface area contributed by atoms with E-state index in [1.54, 1.807) is 22.9 Å². The molecule has 14 heteroatoms. The van der Waals surface area contributed by atoms with Gasteiger partial charge in [0.05, 0.1) is 12.3 Å². The number of carbonyl (C=O) groups is 1. The summed E-state index contributed by atoms with van der Waals surface area (Å²) in [5.41, 5.74) is 0.617. The average molecular weight is 507 g/mol. The van der Waals surface area contributed by atoms with Crippen LogP contribution in [-0.2, 0) is 30.9 Å². The average Bonchev–Trinajstić information content (AvgIpc) is 3.32. The highest BCUT2D eigenvalue weighted by atomic mass is 19.4. The molecular formula is C22H23F3N8O3. The van der Waals surface area contributed by atoms with Crippen molar-refractivity contribution in [3.05, 3.63) is 41.3 Å². The molecule has 5 heterocycles. The van der Waals surface area contributed by atoms with Gasteiger partial charge in [-0.3, -0.25) is 4.79 Å². The zero-order chi connectivity index (χ0) is 28.1.